The minimum Gasteiger partial charge on any atom is -0.390 e. The predicted octanol–water partition coefficient (Wildman–Crippen LogP) is -1.13. The molecule has 1 saturated heterocycles. The van der Waals surface area contributed by atoms with E-state index in [4.69, 9.17) is 16.3 Å². The average molecular weight is 358 g/mol. The number of aromatic nitrogens is 4. The molecule has 1 aliphatic heterocycles. The van der Waals surface area contributed by atoms with Crippen molar-refractivity contribution in [1.29, 1.82) is 0 Å². The lowest BCUT2D eigenvalue weighted by Crippen LogP contribution is -2.39. The topological polar surface area (TPSA) is 94.5 Å². The van der Waals surface area contributed by atoms with Crippen molar-refractivity contribution >= 4 is 28.7 Å². The molecule has 0 unspecified atom stereocenters. The van der Waals surface area contributed by atoms with E-state index in [-0.39, 0.29) is 17.9 Å². The number of morpholine rings is 1. The molecule has 1 N–H and O–H groups in total. The minimum absolute atomic E-state index is 0.0360. The molecule has 24 heavy (non-hydrogen) atoms. The molecule has 3 heterocycles. The van der Waals surface area contributed by atoms with E-state index in [1.165, 1.54) is 11.6 Å². The summed E-state index contributed by atoms with van der Waals surface area (Å²) in [5, 5.41) is 9.99. The third-order valence-electron chi connectivity index (χ3n) is 4.19. The number of halogens is 1. The molecule has 10 heteroatoms. The Balaban J connectivity index is 2.28. The van der Waals surface area contributed by atoms with Crippen LogP contribution < -0.4 is 16.1 Å². The molecule has 2 aromatic rings. The van der Waals surface area contributed by atoms with Crippen LogP contribution in [-0.2, 0) is 25.4 Å². The monoisotopic (exact) mass is 357 g/mol. The molecule has 3 rings (SSSR count). The zero-order valence-electron chi connectivity index (χ0n) is 13.6. The molecule has 0 bridgehead atoms. The number of hydrogen-bond acceptors (Lipinski definition) is 6. The fraction of sp³-hybridized carbons (Fsp3) is 0.643. The summed E-state index contributed by atoms with van der Waals surface area (Å²) in [6.45, 7) is 2.47. The summed E-state index contributed by atoms with van der Waals surface area (Å²) in [5.41, 5.74) is -0.304. The largest absolute Gasteiger partial charge is 0.390 e. The summed E-state index contributed by atoms with van der Waals surface area (Å²) in [6.07, 6.45) is -0.828. The molecular formula is C14H20ClN5O4. The number of aliphatic hydroxyl groups is 1. The van der Waals surface area contributed by atoms with Gasteiger partial charge < -0.3 is 19.3 Å². The van der Waals surface area contributed by atoms with Gasteiger partial charge in [0.15, 0.2) is 11.2 Å². The van der Waals surface area contributed by atoms with Crippen LogP contribution in [0.5, 0.6) is 0 Å². The molecular weight excluding hydrogens is 338 g/mol. The van der Waals surface area contributed by atoms with Crippen LogP contribution in [-0.4, -0.2) is 62.1 Å². The summed E-state index contributed by atoms with van der Waals surface area (Å²) >= 11 is 5.73. The normalized spacial score (nSPS) is 16.8. The molecule has 9 nitrogen and oxygen atoms in total. The number of alkyl halides is 1. The van der Waals surface area contributed by atoms with Crippen molar-refractivity contribution < 1.29 is 9.84 Å². The van der Waals surface area contributed by atoms with Crippen LogP contribution in [0, 0.1) is 0 Å². The summed E-state index contributed by atoms with van der Waals surface area (Å²) in [7, 11) is 3.00. The van der Waals surface area contributed by atoms with Gasteiger partial charge in [-0.2, -0.15) is 4.98 Å². The molecule has 0 saturated carbocycles. The number of fused-ring (bicyclic) bond motifs is 1. The van der Waals surface area contributed by atoms with Gasteiger partial charge in [-0.3, -0.25) is 13.9 Å². The highest BCUT2D eigenvalue weighted by Gasteiger charge is 2.25. The van der Waals surface area contributed by atoms with Crippen molar-refractivity contribution in [2.75, 3.05) is 37.1 Å². The number of ether oxygens (including phenoxy) is 1. The van der Waals surface area contributed by atoms with Gasteiger partial charge in [0, 0.05) is 27.2 Å². The number of anilines is 1. The van der Waals surface area contributed by atoms with E-state index in [0.717, 1.165) is 4.57 Å². The molecule has 0 amide bonds. The highest BCUT2D eigenvalue weighted by Crippen LogP contribution is 2.21. The molecule has 0 radical (unpaired) electrons. The number of aryl methyl sites for hydroxylation is 1. The first kappa shape index (κ1) is 17.0. The smallest absolute Gasteiger partial charge is 0.332 e. The average Bonchev–Trinajstić information content (AvgIpc) is 2.98. The zero-order chi connectivity index (χ0) is 17.4. The standard InChI is InChI=1S/C14H20ClN5O4/c1-17-11-10(12(22)18(2)14(17)23)20(8-9(21)7-15)13(16-11)19-3-5-24-6-4-19/h9,21H,3-8H2,1-2H3/t9-/m1/s1. The first-order valence-electron chi connectivity index (χ1n) is 7.68. The van der Waals surface area contributed by atoms with Crippen LogP contribution >= 0.6 is 11.6 Å². The fourth-order valence-corrected chi connectivity index (χ4v) is 2.97. The SMILES string of the molecule is Cn1c(=O)c2c(nc(N3CCOCC3)n2C[C@H](O)CCl)n(C)c1=O. The van der Waals surface area contributed by atoms with Gasteiger partial charge in [0.05, 0.1) is 31.7 Å². The maximum atomic E-state index is 12.6. The number of hydrogen-bond donors (Lipinski definition) is 1. The van der Waals surface area contributed by atoms with E-state index in [1.54, 1.807) is 11.6 Å². The van der Waals surface area contributed by atoms with E-state index >= 15 is 0 Å². The van der Waals surface area contributed by atoms with Gasteiger partial charge in [-0.25, -0.2) is 4.79 Å². The van der Waals surface area contributed by atoms with Crippen molar-refractivity contribution in [3.8, 4) is 0 Å². The fourth-order valence-electron chi connectivity index (χ4n) is 2.87. The Labute approximate surface area is 142 Å². The van der Waals surface area contributed by atoms with Crippen LogP contribution in [0.25, 0.3) is 11.2 Å². The highest BCUT2D eigenvalue weighted by molar-refractivity contribution is 6.18. The van der Waals surface area contributed by atoms with Crippen molar-refractivity contribution in [2.45, 2.75) is 12.6 Å². The number of aliphatic hydroxyl groups excluding tert-OH is 1. The molecule has 1 aliphatic rings. The number of nitrogens with zero attached hydrogens (tertiary/aromatic N) is 5. The first-order chi connectivity index (χ1) is 11.5. The quantitative estimate of drug-likeness (QED) is 0.696. The lowest BCUT2D eigenvalue weighted by Gasteiger charge is -2.28. The second kappa shape index (κ2) is 6.58. The second-order valence-corrected chi connectivity index (χ2v) is 6.12. The van der Waals surface area contributed by atoms with Crippen LogP contribution in [0.1, 0.15) is 0 Å². The van der Waals surface area contributed by atoms with Crippen molar-refractivity contribution in [1.82, 2.24) is 18.7 Å². The third kappa shape index (κ3) is 2.72. The van der Waals surface area contributed by atoms with Crippen molar-refractivity contribution in [3.63, 3.8) is 0 Å². The molecule has 0 aliphatic carbocycles. The Morgan fingerprint density at radius 2 is 1.92 bits per heavy atom. The lowest BCUT2D eigenvalue weighted by molar-refractivity contribution is 0.121. The lowest BCUT2D eigenvalue weighted by atomic mass is 10.3. The van der Waals surface area contributed by atoms with E-state index in [0.29, 0.717) is 37.9 Å². The van der Waals surface area contributed by atoms with Gasteiger partial charge in [-0.1, -0.05) is 0 Å². The zero-order valence-corrected chi connectivity index (χ0v) is 14.4. The molecule has 2 aromatic heterocycles. The van der Waals surface area contributed by atoms with Gasteiger partial charge in [0.25, 0.3) is 5.56 Å². The number of imidazole rings is 1. The second-order valence-electron chi connectivity index (χ2n) is 5.81. The Kier molecular flexibility index (Phi) is 4.66. The van der Waals surface area contributed by atoms with Gasteiger partial charge in [0.2, 0.25) is 5.95 Å². The predicted molar refractivity (Wildman–Crippen MR) is 90.0 cm³/mol. The minimum atomic E-state index is -0.828. The van der Waals surface area contributed by atoms with Gasteiger partial charge >= 0.3 is 5.69 Å². The van der Waals surface area contributed by atoms with Gasteiger partial charge in [-0.05, 0) is 0 Å². The van der Waals surface area contributed by atoms with E-state index in [1.807, 2.05) is 4.90 Å². The maximum Gasteiger partial charge on any atom is 0.332 e. The summed E-state index contributed by atoms with van der Waals surface area (Å²) in [4.78, 5) is 31.3. The first-order valence-corrected chi connectivity index (χ1v) is 8.22. The summed E-state index contributed by atoms with van der Waals surface area (Å²) < 4.78 is 9.38. The van der Waals surface area contributed by atoms with Crippen LogP contribution in [0.4, 0.5) is 5.95 Å². The molecule has 1 atom stereocenters. The van der Waals surface area contributed by atoms with E-state index in [9.17, 15) is 14.7 Å². The molecule has 132 valence electrons. The van der Waals surface area contributed by atoms with E-state index in [2.05, 4.69) is 4.98 Å². The highest BCUT2D eigenvalue weighted by atomic mass is 35.5. The van der Waals surface area contributed by atoms with E-state index < -0.39 is 17.4 Å². The molecule has 0 aromatic carbocycles. The number of rotatable bonds is 4. The molecule has 0 spiro atoms. The Morgan fingerprint density at radius 1 is 1.25 bits per heavy atom. The van der Waals surface area contributed by atoms with Crippen molar-refractivity contribution in [3.05, 3.63) is 20.8 Å². The summed E-state index contributed by atoms with van der Waals surface area (Å²) in [6, 6.07) is 0. The van der Waals surface area contributed by atoms with Crippen LogP contribution in [0.2, 0.25) is 0 Å². The van der Waals surface area contributed by atoms with Gasteiger partial charge in [-0.15, -0.1) is 11.6 Å². The Morgan fingerprint density at radius 3 is 2.54 bits per heavy atom. The molecule has 1 fully saturated rings. The summed E-state index contributed by atoms with van der Waals surface area (Å²) in [5.74, 6) is 0.574. The Hall–Kier alpha value is -1.84. The van der Waals surface area contributed by atoms with Gasteiger partial charge in [0.1, 0.15) is 0 Å². The van der Waals surface area contributed by atoms with Crippen molar-refractivity contribution in [2.24, 2.45) is 14.1 Å². The maximum absolute atomic E-state index is 12.6. The Bertz CT molecular complexity index is 865. The van der Waals surface area contributed by atoms with Crippen LogP contribution in [0.3, 0.4) is 0 Å². The third-order valence-corrected chi connectivity index (χ3v) is 4.55. The van der Waals surface area contributed by atoms with Crippen LogP contribution in [0.15, 0.2) is 9.59 Å².